The number of phenolic OH excluding ortho intramolecular Hbond substituents is 2. The third-order valence-corrected chi connectivity index (χ3v) is 8.42. The van der Waals surface area contributed by atoms with Crippen molar-refractivity contribution in [2.45, 2.75) is 129 Å². The smallest absolute Gasteiger partial charge is 0.157 e. The van der Waals surface area contributed by atoms with Crippen molar-refractivity contribution in [2.75, 3.05) is 7.11 Å². The molecule has 0 spiro atoms. The minimum atomic E-state index is -0.458. The molecular formula is C43H58ClNO5. The van der Waals surface area contributed by atoms with E-state index < -0.39 is 4.87 Å². The zero-order chi connectivity index (χ0) is 37.9. The van der Waals surface area contributed by atoms with Gasteiger partial charge in [0.2, 0.25) is 0 Å². The second-order valence-corrected chi connectivity index (χ2v) is 14.4. The number of aromatic hydroxyl groups is 2. The minimum Gasteiger partial charge on any atom is -0.507 e. The van der Waals surface area contributed by atoms with Crippen molar-refractivity contribution in [1.82, 2.24) is 0 Å². The van der Waals surface area contributed by atoms with Crippen LogP contribution in [-0.4, -0.2) is 34.1 Å². The first-order chi connectivity index (χ1) is 23.6. The third kappa shape index (κ3) is 14.0. The maximum Gasteiger partial charge on any atom is 0.157 e. The molecule has 0 aromatic heterocycles. The number of aryl methyl sites for hydroxylation is 2. The van der Waals surface area contributed by atoms with Gasteiger partial charge in [-0.2, -0.15) is 5.26 Å². The average Bonchev–Trinajstić information content (AvgIpc) is 3.05. The maximum absolute atomic E-state index is 10.7. The summed E-state index contributed by atoms with van der Waals surface area (Å²) in [4.78, 5) is 10.3. The molecular weight excluding hydrogens is 646 g/mol. The summed E-state index contributed by atoms with van der Waals surface area (Å²) >= 11 is 5.48. The molecule has 0 saturated carbocycles. The Labute approximate surface area is 306 Å². The molecule has 0 saturated heterocycles. The molecule has 1 heterocycles. The molecule has 0 amide bonds. The van der Waals surface area contributed by atoms with Crippen molar-refractivity contribution in [3.05, 3.63) is 82.5 Å². The molecule has 0 fully saturated rings. The summed E-state index contributed by atoms with van der Waals surface area (Å²) in [6.07, 6.45) is 21.9. The van der Waals surface area contributed by atoms with E-state index in [1.54, 1.807) is 26.0 Å². The van der Waals surface area contributed by atoms with E-state index in [1.807, 2.05) is 18.2 Å². The molecule has 6 nitrogen and oxygen atoms in total. The van der Waals surface area contributed by atoms with Crippen LogP contribution in [0, 0.1) is 23.7 Å². The van der Waals surface area contributed by atoms with E-state index >= 15 is 0 Å². The van der Waals surface area contributed by atoms with Crippen LogP contribution in [0.2, 0.25) is 0 Å². The topological polar surface area (TPSA) is 99.8 Å². The fourth-order valence-electron chi connectivity index (χ4n) is 5.67. The van der Waals surface area contributed by atoms with Gasteiger partial charge >= 0.3 is 0 Å². The summed E-state index contributed by atoms with van der Waals surface area (Å²) in [6, 6.07) is 9.44. The van der Waals surface area contributed by atoms with E-state index in [-0.39, 0.29) is 22.8 Å². The lowest BCUT2D eigenvalue weighted by molar-refractivity contribution is 0.111. The second kappa shape index (κ2) is 21.8. The van der Waals surface area contributed by atoms with E-state index in [1.165, 1.54) is 43.1 Å². The molecule has 1 aliphatic carbocycles. The molecule has 1 atom stereocenters. The standard InChI is InChI=1S/C21H28O2.C13H18O3.C5H7Cl.C4H5N/c1-5-6-7-10-15-12-17(22)20-18(13-15)23-21(3,4)16-11-8-9-14(2)19(16)20;1-3-4-5-6-10-7-12(15)11(9-14)13(8-10)16-2;1-4-5(2,3)6;1-2-3-4-5/h9,11-13,19,22H,5-8,10H2,1-4H3;7-9,15H,3-6H2,1-2H3;1H,2-3H3;2H,1,3H2/t19-;;;/m1.../s1. The zero-order valence-electron chi connectivity index (χ0n) is 31.5. The van der Waals surface area contributed by atoms with Gasteiger partial charge in [-0.05, 0) is 108 Å². The number of methoxy groups -OCH3 is 1. The molecule has 0 unspecified atom stereocenters. The van der Waals surface area contributed by atoms with Gasteiger partial charge < -0.3 is 19.7 Å². The molecule has 0 radical (unpaired) electrons. The lowest BCUT2D eigenvalue weighted by Gasteiger charge is -2.42. The number of unbranched alkanes of at least 4 members (excludes halogenated alkanes) is 4. The second-order valence-electron chi connectivity index (χ2n) is 13.4. The average molecular weight is 704 g/mol. The first-order valence-corrected chi connectivity index (χ1v) is 17.9. The van der Waals surface area contributed by atoms with Gasteiger partial charge in [0.15, 0.2) is 6.29 Å². The van der Waals surface area contributed by atoms with E-state index in [2.05, 4.69) is 65.3 Å². The molecule has 0 bridgehead atoms. The largest absolute Gasteiger partial charge is 0.507 e. The molecule has 1 aliphatic heterocycles. The summed E-state index contributed by atoms with van der Waals surface area (Å²) in [5, 5.41) is 28.1. The molecule has 272 valence electrons. The van der Waals surface area contributed by atoms with E-state index in [4.69, 9.17) is 32.8 Å². The van der Waals surface area contributed by atoms with Crippen LogP contribution in [-0.2, 0) is 12.8 Å². The van der Waals surface area contributed by atoms with Crippen LogP contribution in [0.25, 0.3) is 0 Å². The first-order valence-electron chi connectivity index (χ1n) is 17.6. The number of carbonyl (C=O) groups excluding carboxylic acids is 1. The Morgan fingerprint density at radius 2 is 1.62 bits per heavy atom. The summed E-state index contributed by atoms with van der Waals surface area (Å²) in [7, 11) is 1.50. The van der Waals surface area contributed by atoms with Crippen LogP contribution in [0.1, 0.15) is 133 Å². The molecule has 7 heteroatoms. The normalized spacial score (nSPS) is 15.0. The highest BCUT2D eigenvalue weighted by Gasteiger charge is 2.41. The van der Waals surface area contributed by atoms with Gasteiger partial charge in [0.05, 0.1) is 30.0 Å². The van der Waals surface area contributed by atoms with E-state index in [9.17, 15) is 15.0 Å². The van der Waals surface area contributed by atoms with Gasteiger partial charge in [-0.15, -0.1) is 24.6 Å². The van der Waals surface area contributed by atoms with Crippen LogP contribution < -0.4 is 9.47 Å². The Morgan fingerprint density at radius 1 is 1.06 bits per heavy atom. The molecule has 4 rings (SSSR count). The Bertz CT molecular complexity index is 1550. The number of alkyl halides is 1. The predicted octanol–water partition coefficient (Wildman–Crippen LogP) is 11.3. The summed E-state index contributed by atoms with van der Waals surface area (Å²) < 4.78 is 11.4. The lowest BCUT2D eigenvalue weighted by atomic mass is 9.72. The number of rotatable bonds is 11. The maximum atomic E-state index is 10.7. The number of terminal acetylenes is 1. The highest BCUT2D eigenvalue weighted by atomic mass is 35.5. The first kappa shape index (κ1) is 43.9. The number of allylic oxidation sites excluding steroid dienone is 4. The van der Waals surface area contributed by atoms with Crippen LogP contribution in [0.3, 0.4) is 0 Å². The number of ether oxygens (including phenoxy) is 2. The molecule has 50 heavy (non-hydrogen) atoms. The Morgan fingerprint density at radius 3 is 2.08 bits per heavy atom. The predicted molar refractivity (Wildman–Crippen MR) is 208 cm³/mol. The number of carbonyl (C=O) groups is 1. The summed E-state index contributed by atoms with van der Waals surface area (Å²) in [5.41, 5.74) is 5.63. The lowest BCUT2D eigenvalue weighted by Crippen LogP contribution is -2.39. The number of hydrogen-bond acceptors (Lipinski definition) is 6. The quantitative estimate of drug-likeness (QED) is 0.0794. The minimum absolute atomic E-state index is 0.000786. The number of aldehydes is 1. The van der Waals surface area contributed by atoms with Gasteiger partial charge in [-0.1, -0.05) is 69.3 Å². The van der Waals surface area contributed by atoms with Gasteiger partial charge in [0, 0.05) is 11.5 Å². The summed E-state index contributed by atoms with van der Waals surface area (Å²) in [5.74, 6) is 4.22. The van der Waals surface area contributed by atoms with Crippen molar-refractivity contribution in [2.24, 2.45) is 0 Å². The number of phenols is 2. The molecule has 2 aliphatic rings. The van der Waals surface area contributed by atoms with Crippen LogP contribution in [0.5, 0.6) is 23.0 Å². The van der Waals surface area contributed by atoms with Crippen LogP contribution in [0.15, 0.2) is 60.2 Å². The van der Waals surface area contributed by atoms with Crippen LogP contribution in [0.4, 0.5) is 0 Å². The Hall–Kier alpha value is -4.13. The fourth-order valence-corrected chi connectivity index (χ4v) is 5.67. The number of halogens is 1. The van der Waals surface area contributed by atoms with Crippen molar-refractivity contribution in [3.63, 3.8) is 0 Å². The van der Waals surface area contributed by atoms with Gasteiger partial charge in [0.1, 0.15) is 28.6 Å². The molecule has 2 aromatic carbocycles. The third-order valence-electron chi connectivity index (χ3n) is 8.31. The van der Waals surface area contributed by atoms with Gasteiger partial charge in [-0.3, -0.25) is 4.79 Å². The Kier molecular flexibility index (Phi) is 19.2. The monoisotopic (exact) mass is 703 g/mol. The number of nitriles is 1. The van der Waals surface area contributed by atoms with Gasteiger partial charge in [-0.25, -0.2) is 0 Å². The van der Waals surface area contributed by atoms with E-state index in [0.717, 1.165) is 55.4 Å². The van der Waals surface area contributed by atoms with Crippen molar-refractivity contribution in [3.8, 4) is 41.4 Å². The number of benzene rings is 2. The SMILES string of the molecule is C#CC(C)(C)Cl.C=CCC#N.CCCCCc1cc(O)c(C=O)c(OC)c1.CCCCCc1cc(O)c2c(c1)OC(C)(C)C1=CCC=C(C)[C@H]12. The molecule has 2 N–H and O–H groups in total. The number of hydrogen-bond donors (Lipinski definition) is 2. The van der Waals surface area contributed by atoms with Crippen molar-refractivity contribution in [1.29, 1.82) is 5.26 Å². The van der Waals surface area contributed by atoms with Crippen LogP contribution >= 0.6 is 11.6 Å². The highest BCUT2D eigenvalue weighted by Crippen LogP contribution is 2.53. The Balaban J connectivity index is 0.000000400. The van der Waals surface area contributed by atoms with Gasteiger partial charge in [0.25, 0.3) is 0 Å². The van der Waals surface area contributed by atoms with E-state index in [0.29, 0.717) is 24.2 Å². The fraction of sp³-hybridized carbons (Fsp3) is 0.488. The number of fused-ring (bicyclic) bond motifs is 3. The highest BCUT2D eigenvalue weighted by molar-refractivity contribution is 6.25. The van der Waals surface area contributed by atoms with Crippen molar-refractivity contribution < 1.29 is 24.5 Å². The van der Waals surface area contributed by atoms with Crippen molar-refractivity contribution >= 4 is 17.9 Å². The number of nitrogens with zero attached hydrogens (tertiary/aromatic N) is 1. The molecule has 2 aromatic rings. The zero-order valence-corrected chi connectivity index (χ0v) is 32.3. The summed E-state index contributed by atoms with van der Waals surface area (Å²) in [6.45, 7) is 17.7.